The summed E-state index contributed by atoms with van der Waals surface area (Å²) in [5.41, 5.74) is 1.94. The van der Waals surface area contributed by atoms with E-state index < -0.39 is 0 Å². The maximum absolute atomic E-state index is 12.0. The summed E-state index contributed by atoms with van der Waals surface area (Å²) in [6, 6.07) is 0. The van der Waals surface area contributed by atoms with Crippen molar-refractivity contribution in [2.75, 3.05) is 0 Å². The highest BCUT2D eigenvalue weighted by Crippen LogP contribution is 2.22. The number of carbonyl (C=O) groups is 1. The molecule has 2 aliphatic carbocycles. The Kier molecular flexibility index (Phi) is 2.97. The molecule has 74 valence electrons. The van der Waals surface area contributed by atoms with E-state index >= 15 is 0 Å². The molecule has 1 nitrogen and oxygen atoms in total. The van der Waals surface area contributed by atoms with Gasteiger partial charge < -0.3 is 0 Å². The first-order valence-electron chi connectivity index (χ1n) is 5.48. The van der Waals surface area contributed by atoms with Gasteiger partial charge in [0.2, 0.25) is 0 Å². The zero-order valence-electron chi connectivity index (χ0n) is 8.46. The fraction of sp³-hybridized carbons (Fsp3) is 0.462. The topological polar surface area (TPSA) is 17.1 Å². The van der Waals surface area contributed by atoms with Gasteiger partial charge in [0, 0.05) is 5.57 Å². The molecule has 1 heteroatoms. The monoisotopic (exact) mass is 188 g/mol. The van der Waals surface area contributed by atoms with Gasteiger partial charge in [0.1, 0.15) is 0 Å². The average Bonchev–Trinajstić information content (AvgIpc) is 2.30. The molecule has 0 aromatic heterocycles. The minimum atomic E-state index is 0.264. The average molecular weight is 188 g/mol. The second-order valence-electron chi connectivity index (χ2n) is 3.94. The highest BCUT2D eigenvalue weighted by Gasteiger charge is 2.15. The van der Waals surface area contributed by atoms with Crippen LogP contribution in [0, 0.1) is 0 Å². The molecule has 0 fully saturated rings. The maximum Gasteiger partial charge on any atom is 0.188 e. The summed E-state index contributed by atoms with van der Waals surface area (Å²) in [5, 5.41) is 0. The van der Waals surface area contributed by atoms with Crippen molar-refractivity contribution in [3.05, 3.63) is 35.5 Å². The Morgan fingerprint density at radius 3 is 2.64 bits per heavy atom. The lowest BCUT2D eigenvalue weighted by molar-refractivity contribution is -0.112. The third-order valence-corrected chi connectivity index (χ3v) is 2.84. The SMILES string of the molecule is O=C(C1=CCCC=C1)C1=CCCCC1. The summed E-state index contributed by atoms with van der Waals surface area (Å²) in [7, 11) is 0. The number of carbonyl (C=O) groups excluding carboxylic acids is 1. The van der Waals surface area contributed by atoms with Gasteiger partial charge in [-0.05, 0) is 44.1 Å². The molecule has 0 saturated heterocycles. The van der Waals surface area contributed by atoms with Crippen LogP contribution >= 0.6 is 0 Å². The predicted molar refractivity (Wildman–Crippen MR) is 58.0 cm³/mol. The summed E-state index contributed by atoms with van der Waals surface area (Å²) < 4.78 is 0. The molecule has 0 spiro atoms. The highest BCUT2D eigenvalue weighted by molar-refractivity contribution is 6.10. The van der Waals surface area contributed by atoms with Crippen LogP contribution in [0.15, 0.2) is 35.5 Å². The van der Waals surface area contributed by atoms with Gasteiger partial charge in [-0.2, -0.15) is 0 Å². The van der Waals surface area contributed by atoms with Crippen molar-refractivity contribution in [1.29, 1.82) is 0 Å². The molecule has 0 bridgehead atoms. The van der Waals surface area contributed by atoms with E-state index in [1.165, 1.54) is 12.8 Å². The molecule has 0 saturated carbocycles. The Balaban J connectivity index is 2.10. The quantitative estimate of drug-likeness (QED) is 0.649. The van der Waals surface area contributed by atoms with Crippen LogP contribution in [0.2, 0.25) is 0 Å². The van der Waals surface area contributed by atoms with Crippen LogP contribution in [-0.4, -0.2) is 5.78 Å². The van der Waals surface area contributed by atoms with Crippen molar-refractivity contribution < 1.29 is 4.79 Å². The van der Waals surface area contributed by atoms with Crippen LogP contribution in [-0.2, 0) is 4.79 Å². The van der Waals surface area contributed by atoms with Gasteiger partial charge >= 0.3 is 0 Å². The van der Waals surface area contributed by atoms with Gasteiger partial charge in [-0.3, -0.25) is 4.79 Å². The van der Waals surface area contributed by atoms with E-state index in [-0.39, 0.29) is 5.78 Å². The van der Waals surface area contributed by atoms with Gasteiger partial charge in [0.15, 0.2) is 5.78 Å². The number of hydrogen-bond donors (Lipinski definition) is 0. The highest BCUT2D eigenvalue weighted by atomic mass is 16.1. The van der Waals surface area contributed by atoms with Crippen molar-refractivity contribution in [2.24, 2.45) is 0 Å². The summed E-state index contributed by atoms with van der Waals surface area (Å²) in [5.74, 6) is 0.264. The van der Waals surface area contributed by atoms with E-state index in [1.807, 2.05) is 6.08 Å². The Morgan fingerprint density at radius 1 is 1.07 bits per heavy atom. The number of Topliss-reactive ketones (excluding diaryl/α,β-unsaturated/α-hetero) is 1. The predicted octanol–water partition coefficient (Wildman–Crippen LogP) is 3.33. The van der Waals surface area contributed by atoms with Crippen molar-refractivity contribution in [2.45, 2.75) is 38.5 Å². The summed E-state index contributed by atoms with van der Waals surface area (Å²) in [6.45, 7) is 0. The summed E-state index contributed by atoms with van der Waals surface area (Å²) in [4.78, 5) is 12.0. The first kappa shape index (κ1) is 9.45. The third kappa shape index (κ3) is 2.03. The van der Waals surface area contributed by atoms with E-state index in [4.69, 9.17) is 0 Å². The van der Waals surface area contributed by atoms with Crippen molar-refractivity contribution in [1.82, 2.24) is 0 Å². The van der Waals surface area contributed by atoms with Crippen molar-refractivity contribution in [3.8, 4) is 0 Å². The molecule has 2 aliphatic rings. The Morgan fingerprint density at radius 2 is 2.00 bits per heavy atom. The molecule has 0 amide bonds. The van der Waals surface area contributed by atoms with Crippen LogP contribution in [0.25, 0.3) is 0 Å². The molecular weight excluding hydrogens is 172 g/mol. The zero-order chi connectivity index (χ0) is 9.80. The van der Waals surface area contributed by atoms with Crippen LogP contribution in [0.5, 0.6) is 0 Å². The van der Waals surface area contributed by atoms with Gasteiger partial charge in [-0.1, -0.05) is 24.3 Å². The first-order valence-corrected chi connectivity index (χ1v) is 5.48. The van der Waals surface area contributed by atoms with E-state index in [0.29, 0.717) is 0 Å². The first-order chi connectivity index (χ1) is 6.88. The fourth-order valence-electron chi connectivity index (χ4n) is 2.01. The zero-order valence-corrected chi connectivity index (χ0v) is 8.46. The lowest BCUT2D eigenvalue weighted by Gasteiger charge is -2.13. The molecule has 0 unspecified atom stereocenters. The molecule has 0 atom stereocenters. The third-order valence-electron chi connectivity index (χ3n) is 2.84. The second kappa shape index (κ2) is 4.41. The van der Waals surface area contributed by atoms with Crippen molar-refractivity contribution in [3.63, 3.8) is 0 Å². The van der Waals surface area contributed by atoms with Crippen LogP contribution in [0.3, 0.4) is 0 Å². The normalized spacial score (nSPS) is 21.4. The van der Waals surface area contributed by atoms with E-state index in [0.717, 1.165) is 36.8 Å². The number of ketones is 1. The lowest BCUT2D eigenvalue weighted by Crippen LogP contribution is -2.08. The van der Waals surface area contributed by atoms with Crippen molar-refractivity contribution >= 4 is 5.78 Å². The Bertz CT molecular complexity index is 318. The molecule has 2 rings (SSSR count). The maximum atomic E-state index is 12.0. The number of rotatable bonds is 2. The largest absolute Gasteiger partial charge is 0.289 e. The van der Waals surface area contributed by atoms with Crippen LogP contribution in [0.4, 0.5) is 0 Å². The summed E-state index contributed by atoms with van der Waals surface area (Å²) in [6.07, 6.45) is 14.8. The fourth-order valence-corrected chi connectivity index (χ4v) is 2.01. The smallest absolute Gasteiger partial charge is 0.188 e. The Labute approximate surface area is 85.2 Å². The number of hydrogen-bond acceptors (Lipinski definition) is 1. The summed E-state index contributed by atoms with van der Waals surface area (Å²) >= 11 is 0. The molecule has 0 aromatic rings. The lowest BCUT2D eigenvalue weighted by atomic mass is 9.91. The molecule has 0 radical (unpaired) electrons. The molecule has 0 N–H and O–H groups in total. The second-order valence-corrected chi connectivity index (χ2v) is 3.94. The molecule has 0 aliphatic heterocycles. The van der Waals surface area contributed by atoms with Gasteiger partial charge in [0.05, 0.1) is 0 Å². The molecule has 0 heterocycles. The number of allylic oxidation sites excluding steroid dienone is 6. The molecule has 0 aromatic carbocycles. The minimum Gasteiger partial charge on any atom is -0.289 e. The van der Waals surface area contributed by atoms with E-state index in [9.17, 15) is 4.79 Å². The van der Waals surface area contributed by atoms with Gasteiger partial charge in [-0.15, -0.1) is 0 Å². The Hall–Kier alpha value is -1.11. The van der Waals surface area contributed by atoms with E-state index in [2.05, 4.69) is 18.2 Å². The van der Waals surface area contributed by atoms with Gasteiger partial charge in [0.25, 0.3) is 0 Å². The van der Waals surface area contributed by atoms with Crippen LogP contribution in [0.1, 0.15) is 38.5 Å². The molecule has 14 heavy (non-hydrogen) atoms. The minimum absolute atomic E-state index is 0.264. The van der Waals surface area contributed by atoms with Gasteiger partial charge in [-0.25, -0.2) is 0 Å². The van der Waals surface area contributed by atoms with Crippen LogP contribution < -0.4 is 0 Å². The standard InChI is InChI=1S/C13H16O/c14-13(11-7-3-1-4-8-11)12-9-5-2-6-10-12/h3,7-9H,1-2,4-6,10H2. The van der Waals surface area contributed by atoms with E-state index in [1.54, 1.807) is 0 Å². The molecular formula is C13H16O.